The van der Waals surface area contributed by atoms with E-state index in [1.807, 2.05) is 0 Å². The second kappa shape index (κ2) is 6.41. The lowest BCUT2D eigenvalue weighted by molar-refractivity contribution is 0.102. The minimum Gasteiger partial charge on any atom is -0.391 e. The van der Waals surface area contributed by atoms with Crippen LogP contribution in [-0.4, -0.2) is 19.4 Å². The van der Waals surface area contributed by atoms with E-state index in [4.69, 9.17) is 10.2 Å². The second-order valence-electron chi connectivity index (χ2n) is 4.60. The van der Waals surface area contributed by atoms with Crippen molar-refractivity contribution >= 4 is 21.6 Å². The molecule has 0 atom stereocenters. The topological polar surface area (TPSA) is 109 Å². The van der Waals surface area contributed by atoms with Crippen molar-refractivity contribution in [1.29, 1.82) is 0 Å². The number of aliphatic hydroxyl groups is 1. The molecule has 2 aromatic rings. The molecular formula is C14H12F2N2O4S. The second-order valence-corrected chi connectivity index (χ2v) is 6.16. The van der Waals surface area contributed by atoms with Gasteiger partial charge < -0.3 is 10.4 Å². The summed E-state index contributed by atoms with van der Waals surface area (Å²) in [5.41, 5.74) is -0.774. The van der Waals surface area contributed by atoms with Crippen LogP contribution in [0.5, 0.6) is 0 Å². The lowest BCUT2D eigenvalue weighted by atomic mass is 10.1. The smallest absolute Gasteiger partial charge is 0.255 e. The summed E-state index contributed by atoms with van der Waals surface area (Å²) in [6, 6.07) is 6.64. The van der Waals surface area contributed by atoms with E-state index in [1.165, 1.54) is 18.2 Å². The van der Waals surface area contributed by atoms with Crippen LogP contribution in [0.4, 0.5) is 14.5 Å². The highest BCUT2D eigenvalue weighted by Crippen LogP contribution is 2.18. The molecule has 0 fully saturated rings. The molecule has 2 aromatic carbocycles. The molecule has 122 valence electrons. The Balaban J connectivity index is 2.30. The molecule has 0 bridgehead atoms. The fourth-order valence-electron chi connectivity index (χ4n) is 1.84. The van der Waals surface area contributed by atoms with Crippen LogP contribution >= 0.6 is 0 Å². The van der Waals surface area contributed by atoms with E-state index in [0.29, 0.717) is 0 Å². The van der Waals surface area contributed by atoms with Crippen molar-refractivity contribution in [3.8, 4) is 0 Å². The molecule has 23 heavy (non-hydrogen) atoms. The van der Waals surface area contributed by atoms with Gasteiger partial charge >= 0.3 is 0 Å². The number of nitrogens with two attached hydrogens (primary N) is 1. The van der Waals surface area contributed by atoms with Crippen LogP contribution in [0, 0.1) is 11.6 Å². The molecular weight excluding hydrogens is 330 g/mol. The van der Waals surface area contributed by atoms with Crippen LogP contribution in [0.2, 0.25) is 0 Å². The first-order valence-electron chi connectivity index (χ1n) is 6.25. The molecule has 1 amide bonds. The number of halogens is 2. The average Bonchev–Trinajstić information content (AvgIpc) is 2.46. The monoisotopic (exact) mass is 342 g/mol. The molecule has 0 spiro atoms. The largest absolute Gasteiger partial charge is 0.391 e. The third-order valence-electron chi connectivity index (χ3n) is 2.98. The number of rotatable bonds is 4. The summed E-state index contributed by atoms with van der Waals surface area (Å²) in [5, 5.41) is 16.1. The van der Waals surface area contributed by atoms with Crippen LogP contribution in [-0.2, 0) is 16.6 Å². The molecule has 6 nitrogen and oxygen atoms in total. The summed E-state index contributed by atoms with van der Waals surface area (Å²) in [6.07, 6.45) is 0. The Hall–Kier alpha value is -2.36. The molecule has 4 N–H and O–H groups in total. The van der Waals surface area contributed by atoms with Gasteiger partial charge in [-0.3, -0.25) is 4.79 Å². The Morgan fingerprint density at radius 2 is 1.78 bits per heavy atom. The van der Waals surface area contributed by atoms with E-state index in [9.17, 15) is 22.0 Å². The minimum absolute atomic E-state index is 0.0913. The zero-order chi connectivity index (χ0) is 17.2. The predicted octanol–water partition coefficient (Wildman–Crippen LogP) is 1.36. The lowest BCUT2D eigenvalue weighted by Crippen LogP contribution is -2.15. The highest BCUT2D eigenvalue weighted by atomic mass is 32.2. The van der Waals surface area contributed by atoms with Crippen LogP contribution in [0.25, 0.3) is 0 Å². The van der Waals surface area contributed by atoms with Gasteiger partial charge in [-0.15, -0.1) is 0 Å². The zero-order valence-electron chi connectivity index (χ0n) is 11.6. The van der Waals surface area contributed by atoms with Crippen molar-refractivity contribution in [3.05, 3.63) is 59.2 Å². The Bertz CT molecular complexity index is 846. The summed E-state index contributed by atoms with van der Waals surface area (Å²) in [4.78, 5) is 11.8. The van der Waals surface area contributed by atoms with Crippen LogP contribution < -0.4 is 10.5 Å². The summed E-state index contributed by atoms with van der Waals surface area (Å²) in [5.74, 6) is -2.97. The number of nitrogens with one attached hydrogen (secondary N) is 1. The third-order valence-corrected chi connectivity index (χ3v) is 3.89. The van der Waals surface area contributed by atoms with E-state index in [2.05, 4.69) is 5.32 Å². The van der Waals surface area contributed by atoms with E-state index < -0.39 is 39.7 Å². The van der Waals surface area contributed by atoms with Crippen molar-refractivity contribution < 1.29 is 27.1 Å². The van der Waals surface area contributed by atoms with Gasteiger partial charge in [0.05, 0.1) is 11.5 Å². The first kappa shape index (κ1) is 17.0. The molecule has 0 saturated carbocycles. The van der Waals surface area contributed by atoms with E-state index in [1.54, 1.807) is 0 Å². The fraction of sp³-hybridized carbons (Fsp3) is 0.0714. The lowest BCUT2D eigenvalue weighted by Gasteiger charge is -2.08. The average molecular weight is 342 g/mol. The summed E-state index contributed by atoms with van der Waals surface area (Å²) < 4.78 is 49.6. The Labute approximate surface area is 130 Å². The van der Waals surface area contributed by atoms with E-state index in [0.717, 1.165) is 18.2 Å². The number of hydrogen-bond donors (Lipinski definition) is 3. The van der Waals surface area contributed by atoms with E-state index in [-0.39, 0.29) is 16.1 Å². The fourth-order valence-corrected chi connectivity index (χ4v) is 2.40. The Kier molecular flexibility index (Phi) is 4.73. The molecule has 0 heterocycles. The van der Waals surface area contributed by atoms with Gasteiger partial charge in [0.25, 0.3) is 5.91 Å². The maximum Gasteiger partial charge on any atom is 0.255 e. The number of benzene rings is 2. The van der Waals surface area contributed by atoms with Gasteiger partial charge in [0, 0.05) is 16.8 Å². The maximum atomic E-state index is 13.6. The van der Waals surface area contributed by atoms with Crippen molar-refractivity contribution in [3.63, 3.8) is 0 Å². The maximum absolute atomic E-state index is 13.6. The van der Waals surface area contributed by atoms with Crippen molar-refractivity contribution in [1.82, 2.24) is 0 Å². The van der Waals surface area contributed by atoms with Crippen LogP contribution in [0.15, 0.2) is 41.3 Å². The van der Waals surface area contributed by atoms with Gasteiger partial charge in [-0.2, -0.15) is 0 Å². The first-order chi connectivity index (χ1) is 10.7. The number of anilines is 1. The van der Waals surface area contributed by atoms with Crippen molar-refractivity contribution in [2.75, 3.05) is 5.32 Å². The van der Waals surface area contributed by atoms with Gasteiger partial charge in [0.2, 0.25) is 10.0 Å². The number of aliphatic hydroxyl groups excluding tert-OH is 1. The first-order valence-corrected chi connectivity index (χ1v) is 7.80. The SMILES string of the molecule is NS(=O)(=O)c1cccc(NC(=O)c2cc(F)c(CO)c(F)c2)c1. The number of carbonyl (C=O) groups is 1. The molecule has 0 aromatic heterocycles. The summed E-state index contributed by atoms with van der Waals surface area (Å²) in [6.45, 7) is -0.837. The van der Waals surface area contributed by atoms with Crippen LogP contribution in [0.1, 0.15) is 15.9 Å². The molecule has 0 unspecified atom stereocenters. The molecule has 0 radical (unpaired) electrons. The Morgan fingerprint density at radius 3 is 2.30 bits per heavy atom. The number of carbonyl (C=O) groups excluding carboxylic acids is 1. The van der Waals surface area contributed by atoms with Gasteiger partial charge in [0.15, 0.2) is 0 Å². The van der Waals surface area contributed by atoms with Gasteiger partial charge in [-0.1, -0.05) is 6.07 Å². The molecule has 2 rings (SSSR count). The summed E-state index contributed by atoms with van der Waals surface area (Å²) in [7, 11) is -3.95. The normalized spacial score (nSPS) is 11.3. The highest BCUT2D eigenvalue weighted by Gasteiger charge is 2.15. The molecule has 9 heteroatoms. The van der Waals surface area contributed by atoms with Crippen LogP contribution in [0.3, 0.4) is 0 Å². The predicted molar refractivity (Wildman–Crippen MR) is 78.0 cm³/mol. The summed E-state index contributed by atoms with van der Waals surface area (Å²) >= 11 is 0. The third kappa shape index (κ3) is 3.89. The molecule has 0 aliphatic rings. The van der Waals surface area contributed by atoms with E-state index >= 15 is 0 Å². The molecule has 0 aliphatic carbocycles. The van der Waals surface area contributed by atoms with Gasteiger partial charge in [0.1, 0.15) is 11.6 Å². The van der Waals surface area contributed by atoms with Gasteiger partial charge in [-0.05, 0) is 30.3 Å². The standard InChI is InChI=1S/C14H12F2N2O4S/c15-12-4-8(5-13(16)11(12)7-19)14(20)18-9-2-1-3-10(6-9)23(17,21)22/h1-6,19H,7H2,(H,18,20)(H2,17,21,22). The Morgan fingerprint density at radius 1 is 1.17 bits per heavy atom. The molecule has 0 saturated heterocycles. The quantitative estimate of drug-likeness (QED) is 0.779. The molecule has 0 aliphatic heterocycles. The van der Waals surface area contributed by atoms with Gasteiger partial charge in [-0.25, -0.2) is 22.3 Å². The number of sulfonamides is 1. The number of primary sulfonamides is 1. The number of amides is 1. The van der Waals surface area contributed by atoms with Crippen molar-refractivity contribution in [2.45, 2.75) is 11.5 Å². The minimum atomic E-state index is -3.95. The number of hydrogen-bond acceptors (Lipinski definition) is 4. The zero-order valence-corrected chi connectivity index (χ0v) is 12.4. The highest BCUT2D eigenvalue weighted by molar-refractivity contribution is 7.89. The van der Waals surface area contributed by atoms with Crippen molar-refractivity contribution in [2.24, 2.45) is 5.14 Å².